The molecule has 2 nitrogen and oxygen atoms in total. The Hall–Kier alpha value is -4.17. The molecular weight excluding hydrogens is 448 g/mol. The summed E-state index contributed by atoms with van der Waals surface area (Å²) in [6.07, 6.45) is 1.98. The molecule has 0 aliphatic rings. The van der Waals surface area contributed by atoms with Gasteiger partial charge in [0.25, 0.3) is 0 Å². The van der Waals surface area contributed by atoms with Gasteiger partial charge in [-0.3, -0.25) is 0 Å². The molecule has 6 aromatic carbocycles. The van der Waals surface area contributed by atoms with Crippen molar-refractivity contribution >= 4 is 49.9 Å². The Bertz CT molecular complexity index is 1460. The first kappa shape index (κ1) is 27.4. The number of hydrazone groups is 1. The van der Waals surface area contributed by atoms with E-state index >= 15 is 0 Å². The molecule has 0 radical (unpaired) electrons. The zero-order valence-corrected chi connectivity index (χ0v) is 22.9. The summed E-state index contributed by atoms with van der Waals surface area (Å²) in [5, 5.41) is 14.6. The largest absolute Gasteiger partial charge is 0.234 e. The Morgan fingerprint density at radius 1 is 0.459 bits per heavy atom. The molecule has 0 aromatic heterocycles. The van der Waals surface area contributed by atoms with Crippen LogP contribution in [0.3, 0.4) is 0 Å². The van der Waals surface area contributed by atoms with E-state index in [0.29, 0.717) is 0 Å². The SMILES string of the molecule is C(=NN(c1ccccc1)c1ccccc1)c1ccc2ccc3cccc4ccc1c2c34.CC.CC.CC. The van der Waals surface area contributed by atoms with E-state index in [1.165, 1.54) is 32.3 Å². The van der Waals surface area contributed by atoms with Crippen LogP contribution in [0.15, 0.2) is 120 Å². The molecule has 2 heteroatoms. The summed E-state index contributed by atoms with van der Waals surface area (Å²) < 4.78 is 0. The average Bonchev–Trinajstić information content (AvgIpc) is 3.01. The van der Waals surface area contributed by atoms with Crippen molar-refractivity contribution in [1.29, 1.82) is 0 Å². The van der Waals surface area contributed by atoms with Gasteiger partial charge in [0, 0.05) is 5.56 Å². The number of anilines is 2. The van der Waals surface area contributed by atoms with E-state index in [9.17, 15) is 0 Å². The van der Waals surface area contributed by atoms with Crippen molar-refractivity contribution in [3.05, 3.63) is 121 Å². The predicted octanol–water partition coefficient (Wildman–Crippen LogP) is 10.8. The van der Waals surface area contributed by atoms with Gasteiger partial charge in [-0.1, -0.05) is 133 Å². The van der Waals surface area contributed by atoms with Gasteiger partial charge in [0.1, 0.15) is 0 Å². The zero-order chi connectivity index (χ0) is 26.6. The van der Waals surface area contributed by atoms with Crippen molar-refractivity contribution < 1.29 is 0 Å². The molecule has 188 valence electrons. The summed E-state index contributed by atoms with van der Waals surface area (Å²) >= 11 is 0. The highest BCUT2D eigenvalue weighted by Crippen LogP contribution is 2.35. The van der Waals surface area contributed by atoms with Crippen LogP contribution >= 0.6 is 0 Å². The van der Waals surface area contributed by atoms with Gasteiger partial charge in [-0.2, -0.15) is 5.10 Å². The van der Waals surface area contributed by atoms with Crippen molar-refractivity contribution in [3.63, 3.8) is 0 Å². The Morgan fingerprint density at radius 2 is 0.919 bits per heavy atom. The molecule has 0 atom stereocenters. The topological polar surface area (TPSA) is 15.6 Å². The van der Waals surface area contributed by atoms with Gasteiger partial charge in [-0.05, 0) is 56.6 Å². The minimum Gasteiger partial charge on any atom is -0.234 e. The van der Waals surface area contributed by atoms with E-state index in [-0.39, 0.29) is 0 Å². The molecule has 0 heterocycles. The smallest absolute Gasteiger partial charge is 0.0652 e. The fraction of sp³-hybridized carbons (Fsp3) is 0.171. The van der Waals surface area contributed by atoms with Crippen molar-refractivity contribution in [2.24, 2.45) is 5.10 Å². The van der Waals surface area contributed by atoms with Gasteiger partial charge in [0.2, 0.25) is 0 Å². The molecule has 37 heavy (non-hydrogen) atoms. The number of nitrogens with zero attached hydrogens (tertiary/aromatic N) is 2. The molecule has 0 fully saturated rings. The number of benzene rings is 6. The standard InChI is InChI=1S/C29H20N2.3C2H6/c1-3-10-25(11-4-1)31(26-12-5-2-6-13-26)30-20-24-17-16-23-15-14-21-8-7-9-22-18-19-27(24)29(23)28(21)22;3*1-2/h1-20H;3*1-2H3. The fourth-order valence-corrected chi connectivity index (χ4v) is 4.41. The first-order chi connectivity index (χ1) is 18.4. The molecule has 6 rings (SSSR count). The van der Waals surface area contributed by atoms with Crippen molar-refractivity contribution in [2.75, 3.05) is 5.01 Å². The lowest BCUT2D eigenvalue weighted by molar-refractivity contribution is 1.09. The van der Waals surface area contributed by atoms with Crippen LogP contribution in [-0.4, -0.2) is 6.21 Å². The molecule has 0 N–H and O–H groups in total. The van der Waals surface area contributed by atoms with Crippen LogP contribution in [0, 0.1) is 0 Å². The van der Waals surface area contributed by atoms with Crippen LogP contribution in [0.4, 0.5) is 11.4 Å². The van der Waals surface area contributed by atoms with Gasteiger partial charge in [-0.15, -0.1) is 0 Å². The van der Waals surface area contributed by atoms with Gasteiger partial charge in [0.05, 0.1) is 17.6 Å². The Kier molecular flexibility index (Phi) is 10.2. The van der Waals surface area contributed by atoms with Crippen LogP contribution in [0.2, 0.25) is 0 Å². The predicted molar refractivity (Wildman–Crippen MR) is 167 cm³/mol. The summed E-state index contributed by atoms with van der Waals surface area (Å²) in [6, 6.07) is 40.3. The quantitative estimate of drug-likeness (QED) is 0.137. The lowest BCUT2D eigenvalue weighted by Gasteiger charge is -2.19. The Balaban J connectivity index is 0.000000593. The van der Waals surface area contributed by atoms with Crippen LogP contribution in [-0.2, 0) is 0 Å². The molecule has 0 unspecified atom stereocenters. The van der Waals surface area contributed by atoms with Crippen LogP contribution in [0.25, 0.3) is 32.3 Å². The summed E-state index contributed by atoms with van der Waals surface area (Å²) in [6.45, 7) is 12.0. The molecule has 0 bridgehead atoms. The first-order valence-corrected chi connectivity index (χ1v) is 13.5. The summed E-state index contributed by atoms with van der Waals surface area (Å²) in [7, 11) is 0. The molecule has 0 aliphatic heterocycles. The Morgan fingerprint density at radius 3 is 1.46 bits per heavy atom. The minimum atomic E-state index is 1.03. The van der Waals surface area contributed by atoms with Crippen molar-refractivity contribution in [3.8, 4) is 0 Å². The maximum absolute atomic E-state index is 4.93. The molecule has 6 aromatic rings. The van der Waals surface area contributed by atoms with Crippen LogP contribution in [0.5, 0.6) is 0 Å². The maximum atomic E-state index is 4.93. The summed E-state index contributed by atoms with van der Waals surface area (Å²) in [5.74, 6) is 0. The van der Waals surface area contributed by atoms with Crippen LogP contribution in [0.1, 0.15) is 47.1 Å². The second-order valence-corrected chi connectivity index (χ2v) is 7.74. The number of rotatable bonds is 4. The Labute approximate surface area is 222 Å². The van der Waals surface area contributed by atoms with E-state index in [4.69, 9.17) is 5.10 Å². The molecular formula is C35H38N2. The zero-order valence-electron chi connectivity index (χ0n) is 22.9. The van der Waals surface area contributed by atoms with Gasteiger partial charge < -0.3 is 0 Å². The molecule has 0 spiro atoms. The van der Waals surface area contributed by atoms with E-state index in [1.54, 1.807) is 0 Å². The first-order valence-electron chi connectivity index (χ1n) is 13.5. The van der Waals surface area contributed by atoms with Gasteiger partial charge in [-0.25, -0.2) is 5.01 Å². The van der Waals surface area contributed by atoms with Gasteiger partial charge in [0.15, 0.2) is 0 Å². The second-order valence-electron chi connectivity index (χ2n) is 7.74. The van der Waals surface area contributed by atoms with Crippen LogP contribution < -0.4 is 5.01 Å². The fourth-order valence-electron chi connectivity index (χ4n) is 4.41. The second kappa shape index (κ2) is 13.8. The molecule has 0 aliphatic carbocycles. The van der Waals surface area contributed by atoms with E-state index < -0.39 is 0 Å². The normalized spacial score (nSPS) is 10.3. The van der Waals surface area contributed by atoms with E-state index in [2.05, 4.69) is 78.9 Å². The summed E-state index contributed by atoms with van der Waals surface area (Å²) in [5.41, 5.74) is 3.17. The third-order valence-electron chi connectivity index (χ3n) is 5.88. The third-order valence-corrected chi connectivity index (χ3v) is 5.88. The summed E-state index contributed by atoms with van der Waals surface area (Å²) in [4.78, 5) is 0. The average molecular weight is 487 g/mol. The molecule has 0 amide bonds. The number of hydrogen-bond acceptors (Lipinski definition) is 2. The number of para-hydroxylation sites is 2. The van der Waals surface area contributed by atoms with Crippen molar-refractivity contribution in [1.82, 2.24) is 0 Å². The third kappa shape index (κ3) is 5.81. The highest BCUT2D eigenvalue weighted by molar-refractivity contribution is 6.25. The highest BCUT2D eigenvalue weighted by atomic mass is 15.5. The van der Waals surface area contributed by atoms with E-state index in [1.807, 2.05) is 89.2 Å². The number of hydrogen-bond donors (Lipinski definition) is 0. The maximum Gasteiger partial charge on any atom is 0.0652 e. The monoisotopic (exact) mass is 486 g/mol. The molecule has 0 saturated carbocycles. The molecule has 0 saturated heterocycles. The van der Waals surface area contributed by atoms with Gasteiger partial charge >= 0.3 is 0 Å². The van der Waals surface area contributed by atoms with E-state index in [0.717, 1.165) is 16.9 Å². The lowest BCUT2D eigenvalue weighted by Crippen LogP contribution is -2.09. The minimum absolute atomic E-state index is 1.03. The highest BCUT2D eigenvalue weighted by Gasteiger charge is 2.11. The van der Waals surface area contributed by atoms with Crippen molar-refractivity contribution in [2.45, 2.75) is 41.5 Å². The lowest BCUT2D eigenvalue weighted by atomic mass is 9.92.